The lowest BCUT2D eigenvalue weighted by atomic mass is 10.4. The van der Waals surface area contributed by atoms with Gasteiger partial charge in [0.05, 0.1) is 0 Å². The van der Waals surface area contributed by atoms with Gasteiger partial charge in [0.2, 0.25) is 10.0 Å². The Bertz CT molecular complexity index is 418. The summed E-state index contributed by atoms with van der Waals surface area (Å²) in [5, 5.41) is 0. The van der Waals surface area contributed by atoms with Crippen molar-refractivity contribution >= 4 is 21.4 Å². The van der Waals surface area contributed by atoms with Gasteiger partial charge in [-0.25, -0.2) is 13.1 Å². The summed E-state index contributed by atoms with van der Waals surface area (Å²) in [7, 11) is -3.23. The Balaban J connectivity index is 2.06. The van der Waals surface area contributed by atoms with Crippen molar-refractivity contribution in [2.45, 2.75) is 24.0 Å². The molecule has 3 nitrogen and oxygen atoms in total. The van der Waals surface area contributed by atoms with E-state index in [4.69, 9.17) is 0 Å². The zero-order valence-corrected chi connectivity index (χ0v) is 9.62. The Hall–Kier alpha value is -0.390. The first kappa shape index (κ1) is 10.1. The summed E-state index contributed by atoms with van der Waals surface area (Å²) in [4.78, 5) is 1.02. The first-order valence-electron chi connectivity index (χ1n) is 4.64. The smallest absolute Gasteiger partial charge is 0.210 e. The third-order valence-electron chi connectivity index (χ3n) is 2.24. The molecule has 78 valence electrons. The van der Waals surface area contributed by atoms with Gasteiger partial charge in [0.25, 0.3) is 0 Å². The van der Waals surface area contributed by atoms with E-state index in [1.165, 1.54) is 11.3 Å². The van der Waals surface area contributed by atoms with Crippen molar-refractivity contribution in [3.8, 4) is 0 Å². The molecule has 0 amide bonds. The normalized spacial score (nSPS) is 17.2. The number of hydrogen-bond donors (Lipinski definition) is 1. The van der Waals surface area contributed by atoms with E-state index < -0.39 is 10.0 Å². The minimum absolute atomic E-state index is 0.427. The standard InChI is InChI=1S/C9H13NO2S2/c1-7-2-5-9(13-7)14(11,12)10-6-8-3-4-8/h2,5,8,10H,3-4,6H2,1H3. The molecule has 1 aliphatic rings. The lowest BCUT2D eigenvalue weighted by molar-refractivity contribution is 0.579. The molecule has 0 saturated heterocycles. The third-order valence-corrected chi connectivity index (χ3v) is 5.16. The van der Waals surface area contributed by atoms with Crippen LogP contribution in [0.25, 0.3) is 0 Å². The van der Waals surface area contributed by atoms with E-state index in [9.17, 15) is 8.42 Å². The number of aryl methyl sites for hydroxylation is 1. The second kappa shape index (κ2) is 3.64. The Morgan fingerprint density at radius 1 is 1.50 bits per heavy atom. The summed E-state index contributed by atoms with van der Waals surface area (Å²) in [5.74, 6) is 0.575. The van der Waals surface area contributed by atoms with E-state index in [-0.39, 0.29) is 0 Å². The predicted molar refractivity (Wildman–Crippen MR) is 57.0 cm³/mol. The van der Waals surface area contributed by atoms with Crippen LogP contribution < -0.4 is 4.72 Å². The van der Waals surface area contributed by atoms with E-state index in [1.54, 1.807) is 6.07 Å². The summed E-state index contributed by atoms with van der Waals surface area (Å²) >= 11 is 1.32. The molecule has 1 aromatic heterocycles. The highest BCUT2D eigenvalue weighted by atomic mass is 32.2. The molecule has 1 N–H and O–H groups in total. The van der Waals surface area contributed by atoms with Crippen LogP contribution in [0.5, 0.6) is 0 Å². The van der Waals surface area contributed by atoms with Gasteiger partial charge < -0.3 is 0 Å². The van der Waals surface area contributed by atoms with Gasteiger partial charge in [-0.15, -0.1) is 11.3 Å². The highest BCUT2D eigenvalue weighted by Crippen LogP contribution is 2.28. The predicted octanol–water partition coefficient (Wildman–Crippen LogP) is 1.74. The molecule has 1 heterocycles. The van der Waals surface area contributed by atoms with Crippen LogP contribution in [0.1, 0.15) is 17.7 Å². The van der Waals surface area contributed by atoms with E-state index in [2.05, 4.69) is 4.72 Å². The Morgan fingerprint density at radius 2 is 2.21 bits per heavy atom. The summed E-state index contributed by atoms with van der Waals surface area (Å²) in [6.07, 6.45) is 2.32. The van der Waals surface area contributed by atoms with Gasteiger partial charge in [-0.05, 0) is 37.8 Å². The molecule has 1 aromatic rings. The Morgan fingerprint density at radius 3 is 2.71 bits per heavy atom. The molecule has 0 atom stereocenters. The molecular formula is C9H13NO2S2. The molecule has 0 aliphatic heterocycles. The number of thiophene rings is 1. The van der Waals surface area contributed by atoms with Crippen molar-refractivity contribution in [1.82, 2.24) is 4.72 Å². The van der Waals surface area contributed by atoms with Gasteiger partial charge in [0.1, 0.15) is 4.21 Å². The van der Waals surface area contributed by atoms with Crippen LogP contribution >= 0.6 is 11.3 Å². The maximum atomic E-state index is 11.7. The molecular weight excluding hydrogens is 218 g/mol. The van der Waals surface area contributed by atoms with Gasteiger partial charge in [-0.2, -0.15) is 0 Å². The van der Waals surface area contributed by atoms with Crippen molar-refractivity contribution in [3.05, 3.63) is 17.0 Å². The lowest BCUT2D eigenvalue weighted by Crippen LogP contribution is -2.24. The molecule has 2 rings (SSSR count). The van der Waals surface area contributed by atoms with Crippen LogP contribution in [0.15, 0.2) is 16.3 Å². The van der Waals surface area contributed by atoms with Crippen molar-refractivity contribution in [3.63, 3.8) is 0 Å². The monoisotopic (exact) mass is 231 g/mol. The van der Waals surface area contributed by atoms with Gasteiger partial charge in [-0.3, -0.25) is 0 Å². The van der Waals surface area contributed by atoms with E-state index in [0.717, 1.165) is 17.7 Å². The summed E-state index contributed by atoms with van der Waals surface area (Å²) in [6.45, 7) is 2.50. The number of nitrogens with one attached hydrogen (secondary N) is 1. The Labute approximate surface area is 88.2 Å². The van der Waals surface area contributed by atoms with E-state index in [1.807, 2.05) is 13.0 Å². The van der Waals surface area contributed by atoms with Gasteiger partial charge in [0, 0.05) is 11.4 Å². The maximum absolute atomic E-state index is 11.7. The van der Waals surface area contributed by atoms with E-state index >= 15 is 0 Å². The van der Waals surface area contributed by atoms with Gasteiger partial charge >= 0.3 is 0 Å². The number of hydrogen-bond acceptors (Lipinski definition) is 3. The topological polar surface area (TPSA) is 46.2 Å². The summed E-state index contributed by atoms with van der Waals surface area (Å²) in [6, 6.07) is 3.49. The van der Waals surface area contributed by atoms with Crippen molar-refractivity contribution in [2.24, 2.45) is 5.92 Å². The van der Waals surface area contributed by atoms with Crippen molar-refractivity contribution < 1.29 is 8.42 Å². The quantitative estimate of drug-likeness (QED) is 0.858. The lowest BCUT2D eigenvalue weighted by Gasteiger charge is -2.02. The molecule has 1 saturated carbocycles. The largest absolute Gasteiger partial charge is 0.250 e. The molecule has 1 aliphatic carbocycles. The molecule has 0 spiro atoms. The van der Waals surface area contributed by atoms with Crippen molar-refractivity contribution in [1.29, 1.82) is 0 Å². The maximum Gasteiger partial charge on any atom is 0.250 e. The van der Waals surface area contributed by atoms with Crippen LogP contribution in [0.4, 0.5) is 0 Å². The fourth-order valence-corrected chi connectivity index (χ4v) is 3.62. The molecule has 0 radical (unpaired) electrons. The molecule has 0 unspecified atom stereocenters. The average molecular weight is 231 g/mol. The van der Waals surface area contributed by atoms with Crippen molar-refractivity contribution in [2.75, 3.05) is 6.54 Å². The molecule has 0 aromatic carbocycles. The highest BCUT2D eigenvalue weighted by molar-refractivity contribution is 7.91. The van der Waals surface area contributed by atoms with Gasteiger partial charge in [-0.1, -0.05) is 0 Å². The zero-order chi connectivity index (χ0) is 10.2. The summed E-state index contributed by atoms with van der Waals surface area (Å²) in [5.41, 5.74) is 0. The zero-order valence-electron chi connectivity index (χ0n) is 7.99. The molecule has 14 heavy (non-hydrogen) atoms. The first-order valence-corrected chi connectivity index (χ1v) is 6.94. The summed E-state index contributed by atoms with van der Waals surface area (Å²) < 4.78 is 26.4. The van der Waals surface area contributed by atoms with Gasteiger partial charge in [0.15, 0.2) is 0 Å². The SMILES string of the molecule is Cc1ccc(S(=O)(=O)NCC2CC2)s1. The van der Waals surface area contributed by atoms with Crippen LogP contribution in [0.2, 0.25) is 0 Å². The molecule has 0 bridgehead atoms. The molecule has 5 heteroatoms. The number of rotatable bonds is 4. The Kier molecular flexibility index (Phi) is 2.64. The minimum atomic E-state index is -3.23. The highest BCUT2D eigenvalue weighted by Gasteiger charge is 2.24. The minimum Gasteiger partial charge on any atom is -0.210 e. The first-order chi connectivity index (χ1) is 6.58. The second-order valence-corrected chi connectivity index (χ2v) is 6.94. The fourth-order valence-electron chi connectivity index (χ4n) is 1.18. The number of sulfonamides is 1. The fraction of sp³-hybridized carbons (Fsp3) is 0.556. The van der Waals surface area contributed by atoms with E-state index in [0.29, 0.717) is 16.7 Å². The van der Waals surface area contributed by atoms with Crippen LogP contribution in [0, 0.1) is 12.8 Å². The van der Waals surface area contributed by atoms with Crippen LogP contribution in [-0.4, -0.2) is 15.0 Å². The van der Waals surface area contributed by atoms with Crippen LogP contribution in [-0.2, 0) is 10.0 Å². The second-order valence-electron chi connectivity index (χ2n) is 3.66. The average Bonchev–Trinajstić information content (AvgIpc) is 2.85. The molecule has 1 fully saturated rings. The third kappa shape index (κ3) is 2.34. The van der Waals surface area contributed by atoms with Crippen LogP contribution in [0.3, 0.4) is 0 Å².